The first-order valence-electron chi connectivity index (χ1n) is 8.20. The normalized spacial score (nSPS) is 17.3. The van der Waals surface area contributed by atoms with Crippen LogP contribution in [0.15, 0.2) is 18.3 Å². The van der Waals surface area contributed by atoms with Crippen LogP contribution in [0.3, 0.4) is 0 Å². The Morgan fingerprint density at radius 3 is 2.87 bits per heavy atom. The van der Waals surface area contributed by atoms with Crippen LogP contribution in [0.25, 0.3) is 0 Å². The summed E-state index contributed by atoms with van der Waals surface area (Å²) in [5.74, 6) is 0.0745. The molecule has 0 bridgehead atoms. The van der Waals surface area contributed by atoms with Crippen LogP contribution in [0.1, 0.15) is 54.0 Å². The molecule has 0 radical (unpaired) electrons. The van der Waals surface area contributed by atoms with Crippen molar-refractivity contribution in [3.05, 3.63) is 29.6 Å². The maximum atomic E-state index is 12.1. The number of hydrogen-bond acceptors (Lipinski definition) is 4. The molecule has 0 aliphatic carbocycles. The number of hydrogen-bond donors (Lipinski definition) is 2. The summed E-state index contributed by atoms with van der Waals surface area (Å²) in [6, 6.07) is 3.14. The lowest BCUT2D eigenvalue weighted by atomic mass is 10.1. The van der Waals surface area contributed by atoms with Crippen LogP contribution in [-0.2, 0) is 4.74 Å². The fourth-order valence-corrected chi connectivity index (χ4v) is 2.37. The van der Waals surface area contributed by atoms with E-state index < -0.39 is 0 Å². The fourth-order valence-electron chi connectivity index (χ4n) is 2.37. The third-order valence-corrected chi connectivity index (χ3v) is 3.78. The molecular weight excluding hydrogens is 294 g/mol. The van der Waals surface area contributed by atoms with Gasteiger partial charge in [0.1, 0.15) is 5.69 Å². The minimum absolute atomic E-state index is 0.0847. The van der Waals surface area contributed by atoms with E-state index in [1.54, 1.807) is 6.07 Å². The molecule has 2 rings (SSSR count). The van der Waals surface area contributed by atoms with Crippen molar-refractivity contribution in [3.8, 4) is 0 Å². The van der Waals surface area contributed by atoms with Crippen molar-refractivity contribution in [1.29, 1.82) is 0 Å². The second-order valence-corrected chi connectivity index (χ2v) is 6.21. The monoisotopic (exact) mass is 319 g/mol. The van der Waals surface area contributed by atoms with E-state index in [0.717, 1.165) is 25.9 Å². The van der Waals surface area contributed by atoms with Gasteiger partial charge in [0.05, 0.1) is 6.10 Å². The van der Waals surface area contributed by atoms with Crippen LogP contribution in [0, 0.1) is 5.92 Å². The Hall–Kier alpha value is -1.95. The first kappa shape index (κ1) is 17.4. The van der Waals surface area contributed by atoms with Crippen molar-refractivity contribution < 1.29 is 14.3 Å². The molecule has 6 nitrogen and oxygen atoms in total. The van der Waals surface area contributed by atoms with Gasteiger partial charge in [-0.05, 0) is 37.3 Å². The molecule has 1 atom stereocenters. The zero-order chi connectivity index (χ0) is 16.7. The Morgan fingerprint density at radius 1 is 1.35 bits per heavy atom. The van der Waals surface area contributed by atoms with Crippen LogP contribution in [-0.4, -0.2) is 42.6 Å². The van der Waals surface area contributed by atoms with E-state index in [4.69, 9.17) is 4.74 Å². The van der Waals surface area contributed by atoms with Gasteiger partial charge in [0, 0.05) is 31.5 Å². The van der Waals surface area contributed by atoms with Gasteiger partial charge < -0.3 is 15.4 Å². The SMILES string of the molecule is CC(C)CCNC(=O)c1ccnc(C(=O)NCC2CCCO2)c1. The predicted molar refractivity (Wildman–Crippen MR) is 87.3 cm³/mol. The molecule has 126 valence electrons. The minimum Gasteiger partial charge on any atom is -0.376 e. The number of amides is 2. The van der Waals surface area contributed by atoms with Gasteiger partial charge in [-0.15, -0.1) is 0 Å². The summed E-state index contributed by atoms with van der Waals surface area (Å²) < 4.78 is 5.47. The second-order valence-electron chi connectivity index (χ2n) is 6.21. The maximum absolute atomic E-state index is 12.1. The molecule has 1 aliphatic rings. The van der Waals surface area contributed by atoms with Crippen LogP contribution >= 0.6 is 0 Å². The molecule has 23 heavy (non-hydrogen) atoms. The molecule has 2 heterocycles. The van der Waals surface area contributed by atoms with E-state index in [9.17, 15) is 9.59 Å². The number of carbonyl (C=O) groups is 2. The first-order chi connectivity index (χ1) is 11.1. The van der Waals surface area contributed by atoms with Crippen molar-refractivity contribution in [2.75, 3.05) is 19.7 Å². The zero-order valence-electron chi connectivity index (χ0n) is 13.8. The highest BCUT2D eigenvalue weighted by molar-refractivity contribution is 5.98. The number of rotatable bonds is 7. The van der Waals surface area contributed by atoms with Crippen molar-refractivity contribution in [2.45, 2.75) is 39.2 Å². The number of carbonyl (C=O) groups excluding carboxylic acids is 2. The summed E-state index contributed by atoms with van der Waals surface area (Å²) in [4.78, 5) is 28.2. The topological polar surface area (TPSA) is 80.3 Å². The van der Waals surface area contributed by atoms with E-state index in [1.807, 2.05) is 0 Å². The largest absolute Gasteiger partial charge is 0.376 e. The molecule has 0 aromatic carbocycles. The Morgan fingerprint density at radius 2 is 2.17 bits per heavy atom. The quantitative estimate of drug-likeness (QED) is 0.802. The van der Waals surface area contributed by atoms with E-state index in [1.165, 1.54) is 12.3 Å². The lowest BCUT2D eigenvalue weighted by molar-refractivity contribution is 0.0853. The van der Waals surface area contributed by atoms with Gasteiger partial charge in [-0.1, -0.05) is 13.8 Å². The van der Waals surface area contributed by atoms with Crippen LogP contribution in [0.2, 0.25) is 0 Å². The number of nitrogens with zero attached hydrogens (tertiary/aromatic N) is 1. The summed E-state index contributed by atoms with van der Waals surface area (Å²) in [5, 5.41) is 5.66. The summed E-state index contributed by atoms with van der Waals surface area (Å²) in [7, 11) is 0. The van der Waals surface area contributed by atoms with Crippen LogP contribution in [0.5, 0.6) is 0 Å². The molecule has 1 aromatic heterocycles. The highest BCUT2D eigenvalue weighted by Crippen LogP contribution is 2.11. The van der Waals surface area contributed by atoms with Crippen molar-refractivity contribution in [1.82, 2.24) is 15.6 Å². The molecule has 2 amide bonds. The number of pyridine rings is 1. The molecule has 1 aromatic rings. The van der Waals surface area contributed by atoms with Crippen molar-refractivity contribution in [2.24, 2.45) is 5.92 Å². The van der Waals surface area contributed by atoms with Gasteiger partial charge in [0.2, 0.25) is 0 Å². The highest BCUT2D eigenvalue weighted by Gasteiger charge is 2.17. The van der Waals surface area contributed by atoms with E-state index in [2.05, 4.69) is 29.5 Å². The van der Waals surface area contributed by atoms with Gasteiger partial charge in [-0.25, -0.2) is 0 Å². The fraction of sp³-hybridized carbons (Fsp3) is 0.588. The maximum Gasteiger partial charge on any atom is 0.269 e. The Kier molecular flexibility index (Phi) is 6.52. The Balaban J connectivity index is 1.87. The van der Waals surface area contributed by atoms with Gasteiger partial charge in [-0.3, -0.25) is 14.6 Å². The van der Waals surface area contributed by atoms with Crippen LogP contribution < -0.4 is 10.6 Å². The lowest BCUT2D eigenvalue weighted by Crippen LogP contribution is -2.32. The van der Waals surface area contributed by atoms with Crippen LogP contribution in [0.4, 0.5) is 0 Å². The van der Waals surface area contributed by atoms with Gasteiger partial charge in [0.15, 0.2) is 0 Å². The second kappa shape index (κ2) is 8.62. The minimum atomic E-state index is -0.280. The average molecular weight is 319 g/mol. The van der Waals surface area contributed by atoms with Crippen molar-refractivity contribution >= 4 is 11.8 Å². The molecule has 6 heteroatoms. The molecule has 1 saturated heterocycles. The smallest absolute Gasteiger partial charge is 0.269 e. The average Bonchev–Trinajstić information content (AvgIpc) is 3.05. The highest BCUT2D eigenvalue weighted by atomic mass is 16.5. The summed E-state index contributed by atoms with van der Waals surface area (Å²) in [5.41, 5.74) is 0.700. The molecule has 0 saturated carbocycles. The third kappa shape index (κ3) is 5.63. The Labute approximate surface area is 137 Å². The zero-order valence-corrected chi connectivity index (χ0v) is 13.8. The first-order valence-corrected chi connectivity index (χ1v) is 8.20. The molecule has 1 aliphatic heterocycles. The van der Waals surface area contributed by atoms with E-state index in [-0.39, 0.29) is 23.6 Å². The number of nitrogens with one attached hydrogen (secondary N) is 2. The van der Waals surface area contributed by atoms with Gasteiger partial charge in [-0.2, -0.15) is 0 Å². The molecule has 2 N–H and O–H groups in total. The van der Waals surface area contributed by atoms with Crippen molar-refractivity contribution in [3.63, 3.8) is 0 Å². The van der Waals surface area contributed by atoms with E-state index in [0.29, 0.717) is 24.6 Å². The lowest BCUT2D eigenvalue weighted by Gasteiger charge is -2.11. The predicted octanol–water partition coefficient (Wildman–Crippen LogP) is 1.77. The van der Waals surface area contributed by atoms with Gasteiger partial charge >= 0.3 is 0 Å². The standard InChI is InChI=1S/C17H25N3O3/c1-12(2)5-7-19-16(21)13-6-8-18-15(10-13)17(22)20-11-14-4-3-9-23-14/h6,8,10,12,14H,3-5,7,9,11H2,1-2H3,(H,19,21)(H,20,22). The van der Waals surface area contributed by atoms with Gasteiger partial charge in [0.25, 0.3) is 11.8 Å². The summed E-state index contributed by atoms with van der Waals surface area (Å²) >= 11 is 0. The summed E-state index contributed by atoms with van der Waals surface area (Å²) in [6.45, 7) is 6.07. The molecular formula is C17H25N3O3. The number of aromatic nitrogens is 1. The Bertz CT molecular complexity index is 540. The van der Waals surface area contributed by atoms with E-state index >= 15 is 0 Å². The molecule has 0 spiro atoms. The number of ether oxygens (including phenoxy) is 1. The summed E-state index contributed by atoms with van der Waals surface area (Å²) in [6.07, 6.45) is 4.49. The molecule has 1 fully saturated rings. The third-order valence-electron chi connectivity index (χ3n) is 3.78. The molecule has 1 unspecified atom stereocenters.